The van der Waals surface area contributed by atoms with Crippen LogP contribution in [0, 0.1) is 50.1 Å². The third-order valence-electron chi connectivity index (χ3n) is 2.89. The predicted molar refractivity (Wildman–Crippen MR) is 80.9 cm³/mol. The number of nitrogens with one attached hydrogen (secondary N) is 1. The van der Waals surface area contributed by atoms with Gasteiger partial charge in [-0.25, -0.2) is 35.1 Å². The second kappa shape index (κ2) is 7.05. The molecule has 0 bridgehead atoms. The maximum absolute atomic E-state index is 13.7. The summed E-state index contributed by atoms with van der Waals surface area (Å²) in [4.78, 5) is 11.8. The Balaban J connectivity index is 2.61. The van der Waals surface area contributed by atoms with Crippen LogP contribution in [0.3, 0.4) is 0 Å². The van der Waals surface area contributed by atoms with Gasteiger partial charge in [-0.15, -0.1) is 0 Å². The molecular weight excluding hydrogens is 545 g/mol. The van der Waals surface area contributed by atoms with E-state index in [1.54, 1.807) is 0 Å². The summed E-state index contributed by atoms with van der Waals surface area (Å²) in [6.07, 6.45) is 0. The van der Waals surface area contributed by atoms with Crippen molar-refractivity contribution in [3.63, 3.8) is 0 Å². The van der Waals surface area contributed by atoms with E-state index in [0.717, 1.165) is 27.9 Å². The zero-order valence-electron chi connectivity index (χ0n) is 11.2. The van der Waals surface area contributed by atoms with Crippen LogP contribution < -0.4 is 5.32 Å². The minimum absolute atomic E-state index is 0.921. The Bertz CT molecular complexity index is 862. The van der Waals surface area contributed by atoms with Gasteiger partial charge in [-0.05, 0) is 38.5 Å². The van der Waals surface area contributed by atoms with Crippen LogP contribution in [0.15, 0.2) is 4.47 Å². The van der Waals surface area contributed by atoms with E-state index in [2.05, 4.69) is 15.9 Å². The van der Waals surface area contributed by atoms with E-state index >= 15 is 0 Å². The molecule has 0 aliphatic rings. The molecule has 0 fully saturated rings. The van der Waals surface area contributed by atoms with Gasteiger partial charge >= 0.3 is 0 Å². The molecule has 134 valence electrons. The van der Waals surface area contributed by atoms with Crippen molar-refractivity contribution in [1.82, 2.24) is 0 Å². The average Bonchev–Trinajstić information content (AvgIpc) is 2.58. The fourth-order valence-electron chi connectivity index (χ4n) is 1.69. The molecule has 0 aliphatic heterocycles. The van der Waals surface area contributed by atoms with Crippen molar-refractivity contribution in [3.05, 3.63) is 60.1 Å². The first-order chi connectivity index (χ1) is 11.5. The predicted octanol–water partition coefficient (Wildman–Crippen LogP) is 5.42. The molecule has 0 spiro atoms. The number of hydrogen-bond donors (Lipinski definition) is 1. The van der Waals surface area contributed by atoms with Gasteiger partial charge in [0.1, 0.15) is 11.3 Å². The number of halogens is 10. The summed E-state index contributed by atoms with van der Waals surface area (Å²) in [6.45, 7) is 0. The number of amides is 1. The Morgan fingerprint density at radius 2 is 1.12 bits per heavy atom. The van der Waals surface area contributed by atoms with Gasteiger partial charge in [-0.1, -0.05) is 0 Å². The Morgan fingerprint density at radius 3 is 1.52 bits per heavy atom. The van der Waals surface area contributed by atoms with E-state index in [4.69, 9.17) is 0 Å². The third-order valence-corrected chi connectivity index (χ3v) is 4.53. The second-order valence-corrected chi connectivity index (χ2v) is 6.22. The monoisotopic (exact) mass is 545 g/mol. The molecule has 0 aliphatic carbocycles. The largest absolute Gasteiger partial charge is 0.317 e. The molecule has 2 aromatic rings. The van der Waals surface area contributed by atoms with Gasteiger partial charge in [-0.3, -0.25) is 4.79 Å². The van der Waals surface area contributed by atoms with E-state index in [-0.39, 0.29) is 0 Å². The summed E-state index contributed by atoms with van der Waals surface area (Å²) in [5.41, 5.74) is -3.60. The normalized spacial score (nSPS) is 11.0. The summed E-state index contributed by atoms with van der Waals surface area (Å²) in [7, 11) is 0. The highest BCUT2D eigenvalue weighted by molar-refractivity contribution is 14.1. The van der Waals surface area contributed by atoms with Crippen LogP contribution in [0.4, 0.5) is 40.8 Å². The number of carbonyl (C=O) groups excluding carboxylic acids is 1. The van der Waals surface area contributed by atoms with Crippen LogP contribution in [0.5, 0.6) is 0 Å². The number of hydrogen-bond acceptors (Lipinski definition) is 1. The fourth-order valence-corrected chi connectivity index (χ4v) is 2.52. The maximum Gasteiger partial charge on any atom is 0.262 e. The number of carbonyl (C=O) groups is 1. The smallest absolute Gasteiger partial charge is 0.262 e. The van der Waals surface area contributed by atoms with Crippen molar-refractivity contribution in [1.29, 1.82) is 0 Å². The van der Waals surface area contributed by atoms with E-state index in [0.29, 0.717) is 0 Å². The first-order valence-electron chi connectivity index (χ1n) is 5.84. The van der Waals surface area contributed by atoms with Crippen molar-refractivity contribution in [2.45, 2.75) is 0 Å². The Hall–Kier alpha value is -1.44. The van der Waals surface area contributed by atoms with Crippen molar-refractivity contribution < 1.29 is 39.9 Å². The molecule has 1 N–H and O–H groups in total. The number of anilines is 1. The van der Waals surface area contributed by atoms with Crippen LogP contribution in [-0.2, 0) is 0 Å². The quantitative estimate of drug-likeness (QED) is 0.232. The van der Waals surface area contributed by atoms with Crippen LogP contribution in [-0.4, -0.2) is 5.91 Å². The van der Waals surface area contributed by atoms with Crippen LogP contribution in [0.25, 0.3) is 0 Å². The summed E-state index contributed by atoms with van der Waals surface area (Å²) >= 11 is 3.13. The lowest BCUT2D eigenvalue weighted by atomic mass is 10.1. The third kappa shape index (κ3) is 3.20. The molecule has 0 aromatic heterocycles. The molecule has 2 aromatic carbocycles. The molecular formula is C13HBrF8INO. The molecule has 0 saturated heterocycles. The van der Waals surface area contributed by atoms with Crippen molar-refractivity contribution in [2.24, 2.45) is 0 Å². The highest BCUT2D eigenvalue weighted by Gasteiger charge is 2.31. The Kier molecular flexibility index (Phi) is 5.61. The van der Waals surface area contributed by atoms with Gasteiger partial charge in [-0.2, -0.15) is 0 Å². The van der Waals surface area contributed by atoms with Gasteiger partial charge in [0.2, 0.25) is 0 Å². The molecule has 0 saturated carbocycles. The summed E-state index contributed by atoms with van der Waals surface area (Å²) in [5.74, 6) is -18.3. The van der Waals surface area contributed by atoms with E-state index in [9.17, 15) is 39.9 Å². The first-order valence-corrected chi connectivity index (χ1v) is 7.72. The van der Waals surface area contributed by atoms with Crippen molar-refractivity contribution >= 4 is 50.1 Å². The minimum atomic E-state index is -2.15. The maximum atomic E-state index is 13.7. The summed E-state index contributed by atoms with van der Waals surface area (Å²) in [5, 5.41) is 1.15. The van der Waals surface area contributed by atoms with E-state index in [1.165, 1.54) is 0 Å². The first kappa shape index (κ1) is 19.9. The number of benzene rings is 2. The molecule has 1 amide bonds. The molecule has 12 heteroatoms. The lowest BCUT2D eigenvalue weighted by Crippen LogP contribution is -2.21. The highest BCUT2D eigenvalue weighted by atomic mass is 127. The van der Waals surface area contributed by atoms with Gasteiger partial charge in [0.15, 0.2) is 46.5 Å². The topological polar surface area (TPSA) is 29.1 Å². The van der Waals surface area contributed by atoms with Crippen LogP contribution in [0.2, 0.25) is 0 Å². The summed E-state index contributed by atoms with van der Waals surface area (Å²) in [6, 6.07) is 0. The molecule has 2 rings (SSSR count). The minimum Gasteiger partial charge on any atom is -0.317 e. The zero-order valence-corrected chi connectivity index (χ0v) is 14.9. The molecule has 0 heterocycles. The average molecular weight is 546 g/mol. The molecule has 2 nitrogen and oxygen atoms in total. The van der Waals surface area contributed by atoms with Gasteiger partial charge in [0.25, 0.3) is 5.91 Å². The summed E-state index contributed by atoms with van der Waals surface area (Å²) < 4.78 is 106. The lowest BCUT2D eigenvalue weighted by Gasteiger charge is -2.12. The van der Waals surface area contributed by atoms with Gasteiger partial charge < -0.3 is 5.32 Å². The van der Waals surface area contributed by atoms with Crippen LogP contribution in [0.1, 0.15) is 10.4 Å². The molecule has 25 heavy (non-hydrogen) atoms. The van der Waals surface area contributed by atoms with E-state index < -0.39 is 71.7 Å². The van der Waals surface area contributed by atoms with Crippen LogP contribution >= 0.6 is 38.5 Å². The van der Waals surface area contributed by atoms with Gasteiger partial charge in [0.05, 0.1) is 8.04 Å². The van der Waals surface area contributed by atoms with E-state index in [1.807, 2.05) is 0 Å². The standard InChI is InChI=1S/C13HBrF8INO/c14-2-5(17)9(21)12(10(22)6(2)18)24-13(25)1-3(15)7(19)11(23)8(20)4(1)16/h(H,24,25). The second-order valence-electron chi connectivity index (χ2n) is 4.34. The van der Waals surface area contributed by atoms with Crippen molar-refractivity contribution in [2.75, 3.05) is 5.32 Å². The Labute approximate surface area is 155 Å². The molecule has 0 atom stereocenters. The highest BCUT2D eigenvalue weighted by Crippen LogP contribution is 2.32. The molecule has 0 unspecified atom stereocenters. The SMILES string of the molecule is O=C(Nc1c(F)c(F)c(Br)c(F)c1F)c1c(F)c(F)c(I)c(F)c1F. The Morgan fingerprint density at radius 1 is 0.720 bits per heavy atom. The molecule has 0 radical (unpaired) electrons. The lowest BCUT2D eigenvalue weighted by molar-refractivity contribution is 0.101. The zero-order chi connectivity index (χ0) is 19.2. The fraction of sp³-hybridized carbons (Fsp3) is 0. The number of rotatable bonds is 2. The van der Waals surface area contributed by atoms with Crippen molar-refractivity contribution in [3.8, 4) is 0 Å². The van der Waals surface area contributed by atoms with Gasteiger partial charge in [0, 0.05) is 0 Å².